The number of nitrogens with zero attached hydrogens (tertiary/aromatic N) is 2. The van der Waals surface area contributed by atoms with Crippen molar-refractivity contribution < 1.29 is 4.79 Å². The van der Waals surface area contributed by atoms with Crippen LogP contribution in [0.3, 0.4) is 0 Å². The molecule has 24 heavy (non-hydrogen) atoms. The molecular weight excluding hydrogens is 342 g/mol. The topological polar surface area (TPSA) is 54.9 Å². The number of carbonyl (C=O) groups excluding carboxylic acids is 1. The van der Waals surface area contributed by atoms with Crippen molar-refractivity contribution in [3.63, 3.8) is 0 Å². The van der Waals surface area contributed by atoms with Crippen LogP contribution in [0.4, 0.5) is 0 Å². The molecule has 2 aromatic rings. The summed E-state index contributed by atoms with van der Waals surface area (Å²) in [5.41, 5.74) is 3.94. The summed E-state index contributed by atoms with van der Waals surface area (Å²) < 4.78 is 0. The fraction of sp³-hybridized carbons (Fsp3) is 0.389. The molecule has 1 heterocycles. The second-order valence-electron chi connectivity index (χ2n) is 5.70. The van der Waals surface area contributed by atoms with Gasteiger partial charge in [-0.15, -0.1) is 0 Å². The zero-order valence-electron chi connectivity index (χ0n) is 14.4. The van der Waals surface area contributed by atoms with E-state index in [1.165, 1.54) is 11.8 Å². The predicted molar refractivity (Wildman–Crippen MR) is 99.6 cm³/mol. The zero-order chi connectivity index (χ0) is 17.7. The minimum atomic E-state index is -0.0755. The molecule has 0 aliphatic rings. The fourth-order valence-corrected chi connectivity index (χ4v) is 3.23. The molecule has 0 saturated heterocycles. The highest BCUT2D eigenvalue weighted by Gasteiger charge is 2.13. The highest BCUT2D eigenvalue weighted by atomic mass is 35.5. The second kappa shape index (κ2) is 8.49. The molecule has 0 spiro atoms. The summed E-state index contributed by atoms with van der Waals surface area (Å²) in [5, 5.41) is 4.46. The number of carbonyl (C=O) groups is 1. The SMILES string of the molecule is CSc1nc(C)c(CCC(=O)N[C@H](C)c2cccc(Cl)c2)c(C)n1. The van der Waals surface area contributed by atoms with Gasteiger partial charge in [0.05, 0.1) is 6.04 Å². The lowest BCUT2D eigenvalue weighted by molar-refractivity contribution is -0.121. The summed E-state index contributed by atoms with van der Waals surface area (Å²) in [6, 6.07) is 7.46. The lowest BCUT2D eigenvalue weighted by Gasteiger charge is -2.15. The smallest absolute Gasteiger partial charge is 0.220 e. The van der Waals surface area contributed by atoms with E-state index >= 15 is 0 Å². The van der Waals surface area contributed by atoms with Gasteiger partial charge in [0.15, 0.2) is 5.16 Å². The Bertz CT molecular complexity index is 713. The first-order chi connectivity index (χ1) is 11.4. The molecule has 4 nitrogen and oxygen atoms in total. The molecule has 0 radical (unpaired) electrons. The van der Waals surface area contributed by atoms with Crippen molar-refractivity contribution in [1.29, 1.82) is 0 Å². The Hall–Kier alpha value is -1.59. The van der Waals surface area contributed by atoms with E-state index in [4.69, 9.17) is 11.6 Å². The first kappa shape index (κ1) is 18.7. The van der Waals surface area contributed by atoms with Crippen LogP contribution in [0.25, 0.3) is 0 Å². The van der Waals surface area contributed by atoms with Crippen LogP contribution in [0.1, 0.15) is 41.9 Å². The van der Waals surface area contributed by atoms with E-state index in [0.717, 1.165) is 27.7 Å². The molecule has 0 bridgehead atoms. The number of nitrogens with one attached hydrogen (secondary N) is 1. The Balaban J connectivity index is 1.96. The summed E-state index contributed by atoms with van der Waals surface area (Å²) >= 11 is 7.52. The normalized spacial score (nSPS) is 12.0. The summed E-state index contributed by atoms with van der Waals surface area (Å²) in [5.74, 6) is 0.00946. The molecule has 128 valence electrons. The Morgan fingerprint density at radius 2 is 1.96 bits per heavy atom. The molecular formula is C18H22ClN3OS. The van der Waals surface area contributed by atoms with Crippen molar-refractivity contribution in [2.45, 2.75) is 44.8 Å². The van der Waals surface area contributed by atoms with Gasteiger partial charge in [0.25, 0.3) is 0 Å². The zero-order valence-corrected chi connectivity index (χ0v) is 16.0. The molecule has 1 aromatic heterocycles. The number of hydrogen-bond donors (Lipinski definition) is 1. The van der Waals surface area contributed by atoms with Crippen molar-refractivity contribution in [2.24, 2.45) is 0 Å². The summed E-state index contributed by atoms with van der Waals surface area (Å²) in [6.07, 6.45) is 3.01. The Labute approximate surface area is 152 Å². The number of aromatic nitrogens is 2. The Kier molecular flexibility index (Phi) is 6.63. The monoisotopic (exact) mass is 363 g/mol. The van der Waals surface area contributed by atoms with E-state index in [1.54, 1.807) is 0 Å². The van der Waals surface area contributed by atoms with Gasteiger partial charge in [0, 0.05) is 22.8 Å². The molecule has 2 rings (SSSR count). The second-order valence-corrected chi connectivity index (χ2v) is 6.91. The van der Waals surface area contributed by atoms with Crippen LogP contribution in [0.15, 0.2) is 29.4 Å². The van der Waals surface area contributed by atoms with E-state index in [1.807, 2.05) is 51.3 Å². The average Bonchev–Trinajstić information content (AvgIpc) is 2.53. The molecule has 0 saturated carbocycles. The van der Waals surface area contributed by atoms with Crippen LogP contribution in [0.2, 0.25) is 5.02 Å². The fourth-order valence-electron chi connectivity index (χ4n) is 2.57. The number of rotatable bonds is 6. The Morgan fingerprint density at radius 3 is 2.54 bits per heavy atom. The summed E-state index contributed by atoms with van der Waals surface area (Å²) in [6.45, 7) is 5.89. The van der Waals surface area contributed by atoms with Gasteiger partial charge in [-0.05, 0) is 56.7 Å². The van der Waals surface area contributed by atoms with Gasteiger partial charge in [-0.25, -0.2) is 9.97 Å². The van der Waals surface area contributed by atoms with Gasteiger partial charge >= 0.3 is 0 Å². The van der Waals surface area contributed by atoms with Gasteiger partial charge in [-0.1, -0.05) is 35.5 Å². The van der Waals surface area contributed by atoms with Crippen molar-refractivity contribution in [3.8, 4) is 0 Å². The predicted octanol–water partition coefficient (Wildman–Crippen LogP) is 4.28. The first-order valence-corrected chi connectivity index (χ1v) is 9.44. The van der Waals surface area contributed by atoms with E-state index in [0.29, 0.717) is 17.9 Å². The quantitative estimate of drug-likeness (QED) is 0.614. The van der Waals surface area contributed by atoms with Crippen molar-refractivity contribution >= 4 is 29.3 Å². The third-order valence-corrected chi connectivity index (χ3v) is 4.69. The maximum Gasteiger partial charge on any atom is 0.220 e. The highest BCUT2D eigenvalue weighted by molar-refractivity contribution is 7.98. The minimum Gasteiger partial charge on any atom is -0.350 e. The maximum atomic E-state index is 12.2. The highest BCUT2D eigenvalue weighted by Crippen LogP contribution is 2.19. The van der Waals surface area contributed by atoms with Crippen molar-refractivity contribution in [2.75, 3.05) is 6.26 Å². The van der Waals surface area contributed by atoms with Crippen molar-refractivity contribution in [1.82, 2.24) is 15.3 Å². The number of benzene rings is 1. The van der Waals surface area contributed by atoms with E-state index in [-0.39, 0.29) is 11.9 Å². The van der Waals surface area contributed by atoms with E-state index in [2.05, 4.69) is 15.3 Å². The van der Waals surface area contributed by atoms with Gasteiger partial charge in [0.2, 0.25) is 5.91 Å². The summed E-state index contributed by atoms with van der Waals surface area (Å²) in [7, 11) is 0. The first-order valence-electron chi connectivity index (χ1n) is 7.83. The maximum absolute atomic E-state index is 12.2. The van der Waals surface area contributed by atoms with Crippen LogP contribution in [0.5, 0.6) is 0 Å². The van der Waals surface area contributed by atoms with Gasteiger partial charge in [-0.2, -0.15) is 0 Å². The largest absolute Gasteiger partial charge is 0.350 e. The van der Waals surface area contributed by atoms with Crippen molar-refractivity contribution in [3.05, 3.63) is 51.8 Å². The average molecular weight is 364 g/mol. The van der Waals surface area contributed by atoms with Gasteiger partial charge < -0.3 is 5.32 Å². The van der Waals surface area contributed by atoms with Crippen LogP contribution >= 0.6 is 23.4 Å². The molecule has 1 N–H and O–H groups in total. The third kappa shape index (κ3) is 4.95. The lowest BCUT2D eigenvalue weighted by Crippen LogP contribution is -2.27. The van der Waals surface area contributed by atoms with Crippen LogP contribution in [0, 0.1) is 13.8 Å². The number of aryl methyl sites for hydroxylation is 2. The van der Waals surface area contributed by atoms with Gasteiger partial charge in [-0.3, -0.25) is 4.79 Å². The lowest BCUT2D eigenvalue weighted by atomic mass is 10.1. The standard InChI is InChI=1S/C18H22ClN3OS/c1-11(14-6-5-7-15(19)10-14)20-17(23)9-8-16-12(2)21-18(24-4)22-13(16)3/h5-7,10-11H,8-9H2,1-4H3,(H,20,23)/t11-/m1/s1. The van der Waals surface area contributed by atoms with Crippen LogP contribution < -0.4 is 5.32 Å². The molecule has 1 aromatic carbocycles. The van der Waals surface area contributed by atoms with E-state index in [9.17, 15) is 4.79 Å². The van der Waals surface area contributed by atoms with Crippen LogP contribution in [-0.4, -0.2) is 22.1 Å². The number of hydrogen-bond acceptors (Lipinski definition) is 4. The number of halogens is 1. The molecule has 0 unspecified atom stereocenters. The van der Waals surface area contributed by atoms with E-state index < -0.39 is 0 Å². The molecule has 0 aliphatic heterocycles. The molecule has 0 aliphatic carbocycles. The molecule has 1 atom stereocenters. The third-order valence-electron chi connectivity index (χ3n) is 3.91. The number of amides is 1. The Morgan fingerprint density at radius 1 is 1.29 bits per heavy atom. The minimum absolute atomic E-state index is 0.00946. The molecule has 6 heteroatoms. The number of thioether (sulfide) groups is 1. The van der Waals surface area contributed by atoms with Gasteiger partial charge in [0.1, 0.15) is 0 Å². The summed E-state index contributed by atoms with van der Waals surface area (Å²) in [4.78, 5) is 21.1. The van der Waals surface area contributed by atoms with Crippen LogP contribution in [-0.2, 0) is 11.2 Å². The molecule has 0 fully saturated rings. The molecule has 1 amide bonds.